The van der Waals surface area contributed by atoms with Crippen LogP contribution in [0.5, 0.6) is 17.2 Å². The van der Waals surface area contributed by atoms with Gasteiger partial charge in [0.25, 0.3) is 5.91 Å². The molecule has 0 atom stereocenters. The van der Waals surface area contributed by atoms with Crippen LogP contribution in [0.25, 0.3) is 21.2 Å². The molecule has 8 heteroatoms. The maximum Gasteiger partial charge on any atom is 0.293 e. The zero-order valence-corrected chi connectivity index (χ0v) is 15.1. The van der Waals surface area contributed by atoms with Crippen molar-refractivity contribution >= 4 is 43.6 Å². The third-order valence-corrected chi connectivity index (χ3v) is 5.07. The van der Waals surface area contributed by atoms with Crippen molar-refractivity contribution in [2.75, 3.05) is 18.7 Å². The van der Waals surface area contributed by atoms with Crippen LogP contribution in [0.2, 0.25) is 0 Å². The van der Waals surface area contributed by atoms with Crippen molar-refractivity contribution in [1.82, 2.24) is 4.98 Å². The molecule has 1 aliphatic rings. The third kappa shape index (κ3) is 2.74. The largest absolute Gasteiger partial charge is 0.490 e. The van der Waals surface area contributed by atoms with Gasteiger partial charge in [-0.3, -0.25) is 10.1 Å². The van der Waals surface area contributed by atoms with Gasteiger partial charge in [-0.15, -0.1) is 0 Å². The van der Waals surface area contributed by atoms with Gasteiger partial charge in [-0.2, -0.15) is 0 Å². The van der Waals surface area contributed by atoms with Crippen LogP contribution in [0.15, 0.2) is 40.8 Å². The zero-order valence-electron chi connectivity index (χ0n) is 14.3. The molecule has 1 amide bonds. The highest BCUT2D eigenvalue weighted by atomic mass is 32.1. The van der Waals surface area contributed by atoms with Crippen LogP contribution in [0.3, 0.4) is 0 Å². The lowest BCUT2D eigenvalue weighted by Gasteiger charge is -2.02. The molecule has 3 heterocycles. The molecule has 136 valence electrons. The Hall–Kier alpha value is -3.26. The minimum absolute atomic E-state index is 0.200. The average Bonchev–Trinajstić information content (AvgIpc) is 3.36. The molecular formula is C19H14N2O5S. The second-order valence-corrected chi connectivity index (χ2v) is 6.90. The molecule has 7 nitrogen and oxygen atoms in total. The van der Waals surface area contributed by atoms with Gasteiger partial charge in [0, 0.05) is 17.5 Å². The number of furan rings is 1. The molecule has 0 fully saturated rings. The van der Waals surface area contributed by atoms with Gasteiger partial charge in [0.15, 0.2) is 33.7 Å². The van der Waals surface area contributed by atoms with Gasteiger partial charge in [-0.1, -0.05) is 23.5 Å². The van der Waals surface area contributed by atoms with Gasteiger partial charge < -0.3 is 18.6 Å². The number of nitrogens with zero attached hydrogens (tertiary/aromatic N) is 1. The maximum absolute atomic E-state index is 12.6. The van der Waals surface area contributed by atoms with Crippen LogP contribution in [0.1, 0.15) is 17.5 Å². The Morgan fingerprint density at radius 1 is 1.26 bits per heavy atom. The third-order valence-electron chi connectivity index (χ3n) is 4.13. The number of thiazole rings is 1. The summed E-state index contributed by atoms with van der Waals surface area (Å²) in [7, 11) is 0. The molecule has 1 N–H and O–H groups in total. The molecule has 0 aliphatic carbocycles. The van der Waals surface area contributed by atoms with E-state index in [9.17, 15) is 4.79 Å². The van der Waals surface area contributed by atoms with E-state index in [0.717, 1.165) is 15.6 Å². The van der Waals surface area contributed by atoms with Crippen molar-refractivity contribution in [3.05, 3.63) is 42.2 Å². The molecule has 0 saturated heterocycles. The lowest BCUT2D eigenvalue weighted by Crippen LogP contribution is -2.10. The van der Waals surface area contributed by atoms with Gasteiger partial charge in [0.2, 0.25) is 6.79 Å². The Morgan fingerprint density at radius 3 is 2.96 bits per heavy atom. The minimum Gasteiger partial charge on any atom is -0.490 e. The predicted octanol–water partition coefficient (Wildman–Crippen LogP) is 4.42. The van der Waals surface area contributed by atoms with E-state index in [4.69, 9.17) is 18.6 Å². The summed E-state index contributed by atoms with van der Waals surface area (Å²) < 4.78 is 22.9. The zero-order chi connectivity index (χ0) is 18.4. The first-order chi connectivity index (χ1) is 13.2. The second-order valence-electron chi connectivity index (χ2n) is 5.86. The molecule has 4 aromatic rings. The number of aromatic nitrogens is 1. The number of hydrogen-bond donors (Lipinski definition) is 1. The van der Waals surface area contributed by atoms with E-state index in [0.29, 0.717) is 34.6 Å². The van der Waals surface area contributed by atoms with Gasteiger partial charge >= 0.3 is 0 Å². The Bertz CT molecular complexity index is 1140. The Labute approximate surface area is 157 Å². The second kappa shape index (κ2) is 6.17. The van der Waals surface area contributed by atoms with E-state index in [1.807, 2.05) is 31.2 Å². The van der Waals surface area contributed by atoms with Crippen molar-refractivity contribution in [3.63, 3.8) is 0 Å². The van der Waals surface area contributed by atoms with Crippen molar-refractivity contribution in [1.29, 1.82) is 0 Å². The number of hydrogen-bond acceptors (Lipinski definition) is 7. The van der Waals surface area contributed by atoms with Crippen LogP contribution in [0, 0.1) is 0 Å². The fourth-order valence-corrected chi connectivity index (χ4v) is 3.82. The lowest BCUT2D eigenvalue weighted by molar-refractivity contribution is 0.0998. The summed E-state index contributed by atoms with van der Waals surface area (Å²) in [6, 6.07) is 10.9. The van der Waals surface area contributed by atoms with Crippen LogP contribution in [0.4, 0.5) is 5.13 Å². The van der Waals surface area contributed by atoms with E-state index in [2.05, 4.69) is 10.3 Å². The van der Waals surface area contributed by atoms with Gasteiger partial charge in [0.05, 0.1) is 16.8 Å². The molecule has 27 heavy (non-hydrogen) atoms. The molecule has 0 bridgehead atoms. The highest BCUT2D eigenvalue weighted by Gasteiger charge is 2.19. The summed E-state index contributed by atoms with van der Waals surface area (Å²) in [6.07, 6.45) is 0. The number of anilines is 1. The van der Waals surface area contributed by atoms with Crippen molar-refractivity contribution in [2.24, 2.45) is 0 Å². The van der Waals surface area contributed by atoms with E-state index >= 15 is 0 Å². The van der Waals surface area contributed by atoms with E-state index < -0.39 is 0 Å². The van der Waals surface area contributed by atoms with E-state index in [-0.39, 0.29) is 18.5 Å². The van der Waals surface area contributed by atoms with Crippen molar-refractivity contribution in [2.45, 2.75) is 6.92 Å². The highest BCUT2D eigenvalue weighted by molar-refractivity contribution is 7.22. The summed E-state index contributed by atoms with van der Waals surface area (Å²) in [5.74, 6) is 1.79. The number of benzene rings is 2. The number of fused-ring (bicyclic) bond motifs is 3. The predicted molar refractivity (Wildman–Crippen MR) is 101 cm³/mol. The molecule has 0 saturated carbocycles. The monoisotopic (exact) mass is 382 g/mol. The summed E-state index contributed by atoms with van der Waals surface area (Å²) in [5, 5.41) is 4.07. The maximum atomic E-state index is 12.6. The first-order valence-corrected chi connectivity index (χ1v) is 9.20. The average molecular weight is 382 g/mol. The number of carbonyl (C=O) groups excluding carboxylic acids is 1. The highest BCUT2D eigenvalue weighted by Crippen LogP contribution is 2.39. The fourth-order valence-electron chi connectivity index (χ4n) is 2.95. The number of carbonyl (C=O) groups is 1. The smallest absolute Gasteiger partial charge is 0.293 e. The van der Waals surface area contributed by atoms with Gasteiger partial charge in [-0.25, -0.2) is 4.98 Å². The quantitative estimate of drug-likeness (QED) is 0.562. The van der Waals surface area contributed by atoms with Gasteiger partial charge in [0.1, 0.15) is 0 Å². The molecule has 2 aromatic heterocycles. The van der Waals surface area contributed by atoms with Gasteiger partial charge in [-0.05, 0) is 19.1 Å². The van der Waals surface area contributed by atoms with E-state index in [1.165, 1.54) is 11.3 Å². The standard InChI is InChI=1S/C19H14N2O5S/c1-2-23-12-5-3-4-10-6-15(26-17(10)12)18(22)21-19-20-11-7-13-14(25-9-24-13)8-16(11)27-19/h3-8H,2,9H2,1H3,(H,20,21,22). The summed E-state index contributed by atoms with van der Waals surface area (Å²) in [4.78, 5) is 17.0. The first kappa shape index (κ1) is 16.0. The Balaban J connectivity index is 1.44. The molecule has 0 radical (unpaired) electrons. The van der Waals surface area contributed by atoms with Crippen LogP contribution < -0.4 is 19.5 Å². The number of para-hydroxylation sites is 1. The SMILES string of the molecule is CCOc1cccc2cc(C(=O)Nc3nc4cc5c(cc4s3)OCO5)oc12. The summed E-state index contributed by atoms with van der Waals surface area (Å²) in [5.41, 5.74) is 1.29. The number of nitrogens with one attached hydrogen (secondary N) is 1. The van der Waals surface area contributed by atoms with Crippen molar-refractivity contribution in [3.8, 4) is 17.2 Å². The van der Waals surface area contributed by atoms with Crippen LogP contribution in [-0.2, 0) is 0 Å². The number of ether oxygens (including phenoxy) is 3. The van der Waals surface area contributed by atoms with Crippen LogP contribution in [-0.4, -0.2) is 24.3 Å². The number of rotatable bonds is 4. The fraction of sp³-hybridized carbons (Fsp3) is 0.158. The normalized spacial score (nSPS) is 12.6. The Kier molecular flexibility index (Phi) is 3.64. The lowest BCUT2D eigenvalue weighted by atomic mass is 10.2. The first-order valence-electron chi connectivity index (χ1n) is 8.38. The molecule has 1 aliphatic heterocycles. The Morgan fingerprint density at radius 2 is 2.11 bits per heavy atom. The van der Waals surface area contributed by atoms with E-state index in [1.54, 1.807) is 12.1 Å². The number of amides is 1. The van der Waals surface area contributed by atoms with Crippen LogP contribution >= 0.6 is 11.3 Å². The van der Waals surface area contributed by atoms with Crippen molar-refractivity contribution < 1.29 is 23.4 Å². The molecule has 2 aromatic carbocycles. The minimum atomic E-state index is -0.368. The molecule has 0 spiro atoms. The topological polar surface area (TPSA) is 82.8 Å². The molecule has 5 rings (SSSR count). The molecular weight excluding hydrogens is 368 g/mol. The summed E-state index contributed by atoms with van der Waals surface area (Å²) in [6.45, 7) is 2.63. The summed E-state index contributed by atoms with van der Waals surface area (Å²) >= 11 is 1.36. The molecule has 0 unspecified atom stereocenters.